The van der Waals surface area contributed by atoms with Gasteiger partial charge in [-0.1, -0.05) is 18.9 Å². The Hall–Kier alpha value is -1.99. The third-order valence-corrected chi connectivity index (χ3v) is 6.60. The number of likely N-dealkylation sites (tertiary alicyclic amines) is 1. The van der Waals surface area contributed by atoms with Gasteiger partial charge in [0.15, 0.2) is 0 Å². The number of amides is 1. The highest BCUT2D eigenvalue weighted by Crippen LogP contribution is 2.39. The minimum absolute atomic E-state index is 0.0524. The van der Waals surface area contributed by atoms with Crippen molar-refractivity contribution in [3.8, 4) is 10.6 Å². The fourth-order valence-electron chi connectivity index (χ4n) is 4.14. The summed E-state index contributed by atoms with van der Waals surface area (Å²) in [6, 6.07) is 7.03. The largest absolute Gasteiger partial charge is 0.389 e. The second-order valence-electron chi connectivity index (χ2n) is 7.33. The number of carbonyl (C=O) groups excluding carboxylic acids is 1. The molecule has 1 saturated carbocycles. The number of aliphatic hydroxyl groups is 1. The second kappa shape index (κ2) is 6.96. The Morgan fingerprint density at radius 2 is 2.19 bits per heavy atom. The standard InChI is InChI=1S/C19H23N3O3S/c23-17-7-6-15(16-5-3-11-26-16)20-22(17)13-18(24)21-10-9-19(25)8-2-1-4-14(19)12-21/h3,5-7,11,14,25H,1-2,4,8-10,12-13H2/t14-,19+/m1/s1. The van der Waals surface area contributed by atoms with Gasteiger partial charge in [-0.2, -0.15) is 5.10 Å². The Labute approximate surface area is 156 Å². The lowest BCUT2D eigenvalue weighted by Crippen LogP contribution is -2.55. The third kappa shape index (κ3) is 3.33. The number of aromatic nitrogens is 2. The van der Waals surface area contributed by atoms with Gasteiger partial charge < -0.3 is 10.0 Å². The second-order valence-corrected chi connectivity index (χ2v) is 8.28. The molecule has 138 valence electrons. The van der Waals surface area contributed by atoms with Gasteiger partial charge in [0.1, 0.15) is 12.2 Å². The number of hydrogen-bond donors (Lipinski definition) is 1. The zero-order valence-corrected chi connectivity index (χ0v) is 15.5. The average molecular weight is 373 g/mol. The predicted molar refractivity (Wildman–Crippen MR) is 99.9 cm³/mol. The van der Waals surface area contributed by atoms with E-state index in [2.05, 4.69) is 5.10 Å². The molecule has 0 unspecified atom stereocenters. The molecule has 0 spiro atoms. The van der Waals surface area contributed by atoms with Gasteiger partial charge in [-0.25, -0.2) is 4.68 Å². The summed E-state index contributed by atoms with van der Waals surface area (Å²) >= 11 is 1.55. The van der Waals surface area contributed by atoms with Crippen molar-refractivity contribution in [2.24, 2.45) is 5.92 Å². The van der Waals surface area contributed by atoms with Crippen molar-refractivity contribution in [3.63, 3.8) is 0 Å². The third-order valence-electron chi connectivity index (χ3n) is 5.71. The first-order valence-corrected chi connectivity index (χ1v) is 10.1. The lowest BCUT2D eigenvalue weighted by atomic mass is 9.71. The highest BCUT2D eigenvalue weighted by Gasteiger charge is 2.43. The van der Waals surface area contributed by atoms with E-state index in [0.717, 1.165) is 30.6 Å². The Morgan fingerprint density at radius 3 is 3.00 bits per heavy atom. The van der Waals surface area contributed by atoms with Gasteiger partial charge in [0.2, 0.25) is 5.91 Å². The van der Waals surface area contributed by atoms with E-state index in [0.29, 0.717) is 25.2 Å². The maximum atomic E-state index is 12.7. The van der Waals surface area contributed by atoms with Gasteiger partial charge >= 0.3 is 0 Å². The van der Waals surface area contributed by atoms with Gasteiger partial charge in [0.05, 0.1) is 10.5 Å². The number of rotatable bonds is 3. The van der Waals surface area contributed by atoms with Crippen LogP contribution in [0.25, 0.3) is 10.6 Å². The van der Waals surface area contributed by atoms with E-state index in [9.17, 15) is 14.7 Å². The highest BCUT2D eigenvalue weighted by molar-refractivity contribution is 7.13. The van der Waals surface area contributed by atoms with Crippen LogP contribution in [-0.4, -0.2) is 44.4 Å². The highest BCUT2D eigenvalue weighted by atomic mass is 32.1. The molecule has 1 aliphatic carbocycles. The fraction of sp³-hybridized carbons (Fsp3) is 0.526. The molecular formula is C19H23N3O3S. The van der Waals surface area contributed by atoms with E-state index in [1.54, 1.807) is 22.3 Å². The summed E-state index contributed by atoms with van der Waals surface area (Å²) in [6.45, 7) is 1.07. The first-order chi connectivity index (χ1) is 12.5. The number of nitrogens with zero attached hydrogens (tertiary/aromatic N) is 3. The number of piperidine rings is 1. The molecule has 2 atom stereocenters. The van der Waals surface area contributed by atoms with Crippen LogP contribution in [0.1, 0.15) is 32.1 Å². The lowest BCUT2D eigenvalue weighted by Gasteiger charge is -2.47. The minimum Gasteiger partial charge on any atom is -0.389 e. The summed E-state index contributed by atoms with van der Waals surface area (Å²) in [7, 11) is 0. The van der Waals surface area contributed by atoms with Crippen LogP contribution in [0.2, 0.25) is 0 Å². The number of carbonyl (C=O) groups is 1. The Bertz CT molecular complexity index is 848. The molecule has 2 fully saturated rings. The van der Waals surface area contributed by atoms with Gasteiger partial charge in [-0.05, 0) is 36.8 Å². The van der Waals surface area contributed by atoms with Crippen LogP contribution in [-0.2, 0) is 11.3 Å². The molecule has 3 heterocycles. The summed E-state index contributed by atoms with van der Waals surface area (Å²) in [5.74, 6) is 0.0478. The Balaban J connectivity index is 1.48. The summed E-state index contributed by atoms with van der Waals surface area (Å²) < 4.78 is 1.25. The molecule has 26 heavy (non-hydrogen) atoms. The molecule has 2 aromatic heterocycles. The SMILES string of the molecule is O=C(Cn1nc(-c2cccs2)ccc1=O)N1CC[C@@]2(O)CCCC[C@@H]2C1. The maximum Gasteiger partial charge on any atom is 0.267 e. The monoisotopic (exact) mass is 373 g/mol. The van der Waals surface area contributed by atoms with Crippen molar-refractivity contribution in [2.75, 3.05) is 13.1 Å². The molecular weight excluding hydrogens is 350 g/mol. The van der Waals surface area contributed by atoms with Gasteiger partial charge in [-0.3, -0.25) is 9.59 Å². The molecule has 0 bridgehead atoms. The van der Waals surface area contributed by atoms with Crippen LogP contribution in [0.4, 0.5) is 0 Å². The Morgan fingerprint density at radius 1 is 1.31 bits per heavy atom. The quantitative estimate of drug-likeness (QED) is 0.894. The molecule has 2 aromatic rings. The lowest BCUT2D eigenvalue weighted by molar-refractivity contribution is -0.144. The topological polar surface area (TPSA) is 75.4 Å². The van der Waals surface area contributed by atoms with Crippen molar-refractivity contribution in [1.82, 2.24) is 14.7 Å². The van der Waals surface area contributed by atoms with Crippen LogP contribution >= 0.6 is 11.3 Å². The minimum atomic E-state index is -0.608. The smallest absolute Gasteiger partial charge is 0.267 e. The molecule has 1 N–H and O–H groups in total. The van der Waals surface area contributed by atoms with Crippen LogP contribution in [0.15, 0.2) is 34.4 Å². The number of thiophene rings is 1. The zero-order chi connectivity index (χ0) is 18.1. The normalized spacial score (nSPS) is 25.7. The van der Waals surface area contributed by atoms with Crippen LogP contribution in [0.5, 0.6) is 0 Å². The van der Waals surface area contributed by atoms with Crippen LogP contribution in [0.3, 0.4) is 0 Å². The van der Waals surface area contributed by atoms with Crippen molar-refractivity contribution < 1.29 is 9.90 Å². The van der Waals surface area contributed by atoms with E-state index >= 15 is 0 Å². The fourth-order valence-corrected chi connectivity index (χ4v) is 4.83. The van der Waals surface area contributed by atoms with Gasteiger partial charge in [-0.15, -0.1) is 11.3 Å². The number of fused-ring (bicyclic) bond motifs is 1. The summed E-state index contributed by atoms with van der Waals surface area (Å²) in [5, 5.41) is 17.1. The molecule has 1 saturated heterocycles. The Kier molecular flexibility index (Phi) is 4.67. The van der Waals surface area contributed by atoms with E-state index in [1.165, 1.54) is 10.7 Å². The van der Waals surface area contributed by atoms with Gasteiger partial charge in [0, 0.05) is 25.1 Å². The van der Waals surface area contributed by atoms with Crippen molar-refractivity contribution in [1.29, 1.82) is 0 Å². The molecule has 4 rings (SSSR count). The zero-order valence-electron chi connectivity index (χ0n) is 14.6. The van der Waals surface area contributed by atoms with Crippen LogP contribution in [0, 0.1) is 5.92 Å². The first-order valence-electron chi connectivity index (χ1n) is 9.17. The number of hydrogen-bond acceptors (Lipinski definition) is 5. The summed E-state index contributed by atoms with van der Waals surface area (Å²) in [4.78, 5) is 27.6. The maximum absolute atomic E-state index is 12.7. The first kappa shape index (κ1) is 17.4. The molecule has 0 radical (unpaired) electrons. The predicted octanol–water partition coefficient (Wildman–Crippen LogP) is 2.13. The summed E-state index contributed by atoms with van der Waals surface area (Å²) in [6.07, 6.45) is 4.60. The summed E-state index contributed by atoms with van der Waals surface area (Å²) in [5.41, 5.74) is -0.180. The molecule has 0 aromatic carbocycles. The average Bonchev–Trinajstić information content (AvgIpc) is 3.17. The molecule has 2 aliphatic rings. The molecule has 6 nitrogen and oxygen atoms in total. The van der Waals surface area contributed by atoms with E-state index in [4.69, 9.17) is 0 Å². The van der Waals surface area contributed by atoms with Crippen molar-refractivity contribution in [3.05, 3.63) is 40.0 Å². The molecule has 7 heteroatoms. The molecule has 1 aliphatic heterocycles. The van der Waals surface area contributed by atoms with Crippen LogP contribution < -0.4 is 5.56 Å². The van der Waals surface area contributed by atoms with Crippen molar-refractivity contribution >= 4 is 17.2 Å². The van der Waals surface area contributed by atoms with E-state index in [-0.39, 0.29) is 23.9 Å². The van der Waals surface area contributed by atoms with E-state index < -0.39 is 5.60 Å². The molecule has 1 amide bonds. The van der Waals surface area contributed by atoms with Gasteiger partial charge in [0.25, 0.3) is 5.56 Å². The van der Waals surface area contributed by atoms with Crippen molar-refractivity contribution in [2.45, 2.75) is 44.2 Å². The van der Waals surface area contributed by atoms with E-state index in [1.807, 2.05) is 17.5 Å².